The summed E-state index contributed by atoms with van der Waals surface area (Å²) >= 11 is 6.03. The summed E-state index contributed by atoms with van der Waals surface area (Å²) in [5.74, 6) is 0.123. The Bertz CT molecular complexity index is 1080. The molecule has 0 saturated carbocycles. The van der Waals surface area contributed by atoms with Gasteiger partial charge in [-0.2, -0.15) is 0 Å². The zero-order valence-corrected chi connectivity index (χ0v) is 19.9. The van der Waals surface area contributed by atoms with Gasteiger partial charge in [-0.05, 0) is 60.4 Å². The monoisotopic (exact) mass is 464 g/mol. The van der Waals surface area contributed by atoms with E-state index >= 15 is 0 Å². The Labute approximate surface area is 200 Å². The van der Waals surface area contributed by atoms with E-state index in [1.165, 1.54) is 0 Å². The highest BCUT2D eigenvalue weighted by atomic mass is 35.5. The number of aryl methyl sites for hydroxylation is 2. The second-order valence-electron chi connectivity index (χ2n) is 8.00. The summed E-state index contributed by atoms with van der Waals surface area (Å²) in [5, 5.41) is 3.32. The third kappa shape index (κ3) is 6.83. The third-order valence-corrected chi connectivity index (χ3v) is 5.88. The van der Waals surface area contributed by atoms with Gasteiger partial charge < -0.3 is 15.0 Å². The van der Waals surface area contributed by atoms with E-state index in [9.17, 15) is 9.59 Å². The molecule has 1 N–H and O–H groups in total. The topological polar surface area (TPSA) is 58.6 Å². The number of carbonyl (C=O) groups excluding carboxylic acids is 2. The molecular weight excluding hydrogens is 436 g/mol. The molecule has 33 heavy (non-hydrogen) atoms. The predicted octanol–water partition coefficient (Wildman–Crippen LogP) is 4.72. The zero-order valence-electron chi connectivity index (χ0n) is 19.2. The summed E-state index contributed by atoms with van der Waals surface area (Å²) in [7, 11) is 1.58. The normalized spacial score (nSPS) is 11.5. The van der Waals surface area contributed by atoms with Gasteiger partial charge in [0.25, 0.3) is 5.91 Å². The zero-order chi connectivity index (χ0) is 23.8. The van der Waals surface area contributed by atoms with Crippen molar-refractivity contribution in [1.29, 1.82) is 0 Å². The lowest BCUT2D eigenvalue weighted by Crippen LogP contribution is -2.51. The van der Waals surface area contributed by atoms with Crippen LogP contribution in [0.25, 0.3) is 0 Å². The van der Waals surface area contributed by atoms with Crippen molar-refractivity contribution in [2.45, 2.75) is 32.9 Å². The maximum absolute atomic E-state index is 13.4. The maximum atomic E-state index is 13.4. The number of likely N-dealkylation sites (N-methyl/N-ethyl adjacent to an activating group) is 1. The van der Waals surface area contributed by atoms with Crippen molar-refractivity contribution in [3.05, 3.63) is 100 Å². The first-order valence-corrected chi connectivity index (χ1v) is 11.2. The van der Waals surface area contributed by atoms with E-state index in [-0.39, 0.29) is 25.0 Å². The van der Waals surface area contributed by atoms with Crippen molar-refractivity contribution in [2.24, 2.45) is 0 Å². The number of nitrogens with zero attached hydrogens (tertiary/aromatic N) is 1. The van der Waals surface area contributed by atoms with Crippen molar-refractivity contribution in [3.8, 4) is 5.75 Å². The van der Waals surface area contributed by atoms with E-state index < -0.39 is 6.04 Å². The molecule has 0 radical (unpaired) electrons. The van der Waals surface area contributed by atoms with Gasteiger partial charge in [0.1, 0.15) is 11.8 Å². The van der Waals surface area contributed by atoms with Gasteiger partial charge in [0.2, 0.25) is 5.91 Å². The van der Waals surface area contributed by atoms with Gasteiger partial charge in [0, 0.05) is 25.0 Å². The minimum Gasteiger partial charge on any atom is -0.484 e. The summed E-state index contributed by atoms with van der Waals surface area (Å²) in [5.41, 5.74) is 4.09. The average Bonchev–Trinajstić information content (AvgIpc) is 2.83. The van der Waals surface area contributed by atoms with Crippen molar-refractivity contribution in [1.82, 2.24) is 10.2 Å². The number of amides is 2. The second-order valence-corrected chi connectivity index (χ2v) is 8.44. The van der Waals surface area contributed by atoms with Crippen LogP contribution in [0.1, 0.15) is 22.3 Å². The Kier molecular flexibility index (Phi) is 8.50. The van der Waals surface area contributed by atoms with Crippen LogP contribution in [0.3, 0.4) is 0 Å². The summed E-state index contributed by atoms with van der Waals surface area (Å²) in [4.78, 5) is 27.9. The number of ether oxygens (including phenoxy) is 1. The van der Waals surface area contributed by atoms with Gasteiger partial charge in [0.05, 0.1) is 0 Å². The fourth-order valence-corrected chi connectivity index (χ4v) is 3.66. The van der Waals surface area contributed by atoms with E-state index in [0.29, 0.717) is 17.2 Å². The molecule has 0 aliphatic heterocycles. The number of nitrogens with one attached hydrogen (secondary N) is 1. The minimum atomic E-state index is -0.691. The van der Waals surface area contributed by atoms with Crippen molar-refractivity contribution in [3.63, 3.8) is 0 Å². The SMILES string of the molecule is CNC(=O)C(Cc1ccccc1)N(Cc1ccc(Cl)cc1)C(=O)COc1ccc(C)c(C)c1. The van der Waals surface area contributed by atoms with Crippen LogP contribution in [0.4, 0.5) is 0 Å². The Balaban J connectivity index is 1.86. The summed E-state index contributed by atoms with van der Waals surface area (Å²) in [6, 6.07) is 22.0. The van der Waals surface area contributed by atoms with Crippen molar-refractivity contribution < 1.29 is 14.3 Å². The highest BCUT2D eigenvalue weighted by Crippen LogP contribution is 2.19. The van der Waals surface area contributed by atoms with E-state index in [4.69, 9.17) is 16.3 Å². The van der Waals surface area contributed by atoms with Crippen LogP contribution >= 0.6 is 11.6 Å². The molecule has 5 nitrogen and oxygen atoms in total. The molecule has 172 valence electrons. The van der Waals surface area contributed by atoms with Gasteiger partial charge in [-0.1, -0.05) is 60.1 Å². The molecule has 0 saturated heterocycles. The summed E-state index contributed by atoms with van der Waals surface area (Å²) in [6.07, 6.45) is 0.392. The second kappa shape index (κ2) is 11.5. The number of carbonyl (C=O) groups is 2. The molecular formula is C27H29ClN2O3. The third-order valence-electron chi connectivity index (χ3n) is 5.62. The van der Waals surface area contributed by atoms with Gasteiger partial charge >= 0.3 is 0 Å². The van der Waals surface area contributed by atoms with E-state index in [1.54, 1.807) is 24.1 Å². The first kappa shape index (κ1) is 24.3. The quantitative estimate of drug-likeness (QED) is 0.498. The fraction of sp³-hybridized carbons (Fsp3) is 0.259. The number of halogens is 1. The molecule has 0 aliphatic carbocycles. The Morgan fingerprint density at radius 2 is 1.64 bits per heavy atom. The molecule has 2 amide bonds. The van der Waals surface area contributed by atoms with Crippen LogP contribution < -0.4 is 10.1 Å². The first-order valence-electron chi connectivity index (χ1n) is 10.9. The maximum Gasteiger partial charge on any atom is 0.261 e. The first-order chi connectivity index (χ1) is 15.9. The van der Waals surface area contributed by atoms with Crippen molar-refractivity contribution >= 4 is 23.4 Å². The fourth-order valence-electron chi connectivity index (χ4n) is 3.54. The lowest BCUT2D eigenvalue weighted by Gasteiger charge is -2.31. The largest absolute Gasteiger partial charge is 0.484 e. The Hall–Kier alpha value is -3.31. The van der Waals surface area contributed by atoms with Gasteiger partial charge in [-0.3, -0.25) is 9.59 Å². The molecule has 1 unspecified atom stereocenters. The van der Waals surface area contributed by atoms with Crippen LogP contribution in [-0.2, 0) is 22.6 Å². The number of hydrogen-bond donors (Lipinski definition) is 1. The molecule has 6 heteroatoms. The highest BCUT2D eigenvalue weighted by molar-refractivity contribution is 6.30. The number of benzene rings is 3. The van der Waals surface area contributed by atoms with Crippen LogP contribution in [0.2, 0.25) is 5.02 Å². The van der Waals surface area contributed by atoms with Crippen LogP contribution in [-0.4, -0.2) is 36.4 Å². The molecule has 0 bridgehead atoms. The van der Waals surface area contributed by atoms with E-state index in [0.717, 1.165) is 22.3 Å². The van der Waals surface area contributed by atoms with Crippen molar-refractivity contribution in [2.75, 3.05) is 13.7 Å². The minimum absolute atomic E-state index is 0.168. The van der Waals surface area contributed by atoms with E-state index in [1.807, 2.05) is 74.5 Å². The van der Waals surface area contributed by atoms with E-state index in [2.05, 4.69) is 5.32 Å². The van der Waals surface area contributed by atoms with Gasteiger partial charge in [0.15, 0.2) is 6.61 Å². The number of rotatable bonds is 9. The molecule has 0 aliphatic rings. The molecule has 3 aromatic carbocycles. The van der Waals surface area contributed by atoms with Crippen LogP contribution in [0.15, 0.2) is 72.8 Å². The number of hydrogen-bond acceptors (Lipinski definition) is 3. The lowest BCUT2D eigenvalue weighted by atomic mass is 10.0. The molecule has 0 fully saturated rings. The Morgan fingerprint density at radius 3 is 2.27 bits per heavy atom. The molecule has 3 aromatic rings. The van der Waals surface area contributed by atoms with Crippen LogP contribution in [0, 0.1) is 13.8 Å². The molecule has 0 heterocycles. The predicted molar refractivity (Wildman–Crippen MR) is 131 cm³/mol. The molecule has 3 rings (SSSR count). The average molecular weight is 465 g/mol. The molecule has 1 atom stereocenters. The molecule has 0 spiro atoms. The lowest BCUT2D eigenvalue weighted by molar-refractivity contribution is -0.142. The van der Waals surface area contributed by atoms with Gasteiger partial charge in [-0.15, -0.1) is 0 Å². The smallest absolute Gasteiger partial charge is 0.261 e. The summed E-state index contributed by atoms with van der Waals surface area (Å²) in [6.45, 7) is 4.11. The van der Waals surface area contributed by atoms with Crippen LogP contribution in [0.5, 0.6) is 5.75 Å². The standard InChI is InChI=1S/C27H29ClN2O3/c1-19-9-14-24(15-20(19)2)33-18-26(31)30(17-22-10-12-23(28)13-11-22)25(27(32)29-3)16-21-7-5-4-6-8-21/h4-15,25H,16-18H2,1-3H3,(H,29,32). The molecule has 0 aromatic heterocycles. The summed E-state index contributed by atoms with van der Waals surface area (Å²) < 4.78 is 5.81. The highest BCUT2D eigenvalue weighted by Gasteiger charge is 2.30. The Morgan fingerprint density at radius 1 is 0.939 bits per heavy atom. The van der Waals surface area contributed by atoms with Gasteiger partial charge in [-0.25, -0.2) is 0 Å².